The van der Waals surface area contributed by atoms with Crippen LogP contribution in [0, 0.1) is 0 Å². The van der Waals surface area contributed by atoms with Crippen LogP contribution in [-0.4, -0.2) is 36.2 Å². The first-order chi connectivity index (χ1) is 9.25. The van der Waals surface area contributed by atoms with E-state index >= 15 is 0 Å². The summed E-state index contributed by atoms with van der Waals surface area (Å²) in [6.07, 6.45) is 6.81. The molecule has 1 aliphatic rings. The Labute approximate surface area is 116 Å². The highest BCUT2D eigenvalue weighted by Gasteiger charge is 2.27. The van der Waals surface area contributed by atoms with E-state index in [1.807, 2.05) is 11.6 Å². The van der Waals surface area contributed by atoms with E-state index in [9.17, 15) is 0 Å². The second-order valence-corrected chi connectivity index (χ2v) is 5.30. The highest BCUT2D eigenvalue weighted by Crippen LogP contribution is 2.29. The van der Waals surface area contributed by atoms with Crippen LogP contribution in [0.5, 0.6) is 0 Å². The standard InChI is InChI=1S/C12H17ClN6/c1-18-10(13)6-14-11(18)7-19-5-3-2-4-9(19)12-15-8-16-17-12/h6,8-9H,2-5,7H2,1H3,(H,15,16,17)/t9-/m0/s1. The molecule has 2 aromatic rings. The quantitative estimate of drug-likeness (QED) is 0.933. The molecule has 1 N–H and O–H groups in total. The zero-order valence-electron chi connectivity index (χ0n) is 10.9. The predicted octanol–water partition coefficient (Wildman–Crippen LogP) is 1.92. The molecule has 1 atom stereocenters. The first-order valence-electron chi connectivity index (χ1n) is 6.51. The van der Waals surface area contributed by atoms with Gasteiger partial charge >= 0.3 is 0 Å². The van der Waals surface area contributed by atoms with Crippen LogP contribution >= 0.6 is 11.6 Å². The smallest absolute Gasteiger partial charge is 0.141 e. The van der Waals surface area contributed by atoms with Gasteiger partial charge in [-0.05, 0) is 19.4 Å². The van der Waals surface area contributed by atoms with Crippen LogP contribution in [0.25, 0.3) is 0 Å². The van der Waals surface area contributed by atoms with E-state index in [0.717, 1.165) is 31.2 Å². The van der Waals surface area contributed by atoms with E-state index in [0.29, 0.717) is 11.2 Å². The number of halogens is 1. The average molecular weight is 281 g/mol. The summed E-state index contributed by atoms with van der Waals surface area (Å²) >= 11 is 6.04. The van der Waals surface area contributed by atoms with E-state index < -0.39 is 0 Å². The lowest BCUT2D eigenvalue weighted by Gasteiger charge is -2.33. The molecule has 0 radical (unpaired) electrons. The second kappa shape index (κ2) is 5.30. The van der Waals surface area contributed by atoms with Crippen molar-refractivity contribution in [3.8, 4) is 0 Å². The van der Waals surface area contributed by atoms with E-state index in [-0.39, 0.29) is 0 Å². The summed E-state index contributed by atoms with van der Waals surface area (Å²) in [4.78, 5) is 11.1. The maximum atomic E-state index is 6.04. The molecule has 0 saturated carbocycles. The predicted molar refractivity (Wildman–Crippen MR) is 71.6 cm³/mol. The van der Waals surface area contributed by atoms with Gasteiger partial charge in [0.15, 0.2) is 0 Å². The van der Waals surface area contributed by atoms with Gasteiger partial charge in [-0.1, -0.05) is 18.0 Å². The van der Waals surface area contributed by atoms with Crippen LogP contribution in [0.3, 0.4) is 0 Å². The Hall–Kier alpha value is -1.40. The Balaban J connectivity index is 1.79. The Bertz CT molecular complexity index is 534. The molecule has 2 aromatic heterocycles. The summed E-state index contributed by atoms with van der Waals surface area (Å²) in [5, 5.41) is 7.61. The first kappa shape index (κ1) is 12.6. The average Bonchev–Trinajstić information content (AvgIpc) is 3.05. The second-order valence-electron chi connectivity index (χ2n) is 4.91. The van der Waals surface area contributed by atoms with Gasteiger partial charge in [0.25, 0.3) is 0 Å². The van der Waals surface area contributed by atoms with Crippen molar-refractivity contribution in [2.45, 2.75) is 31.8 Å². The molecule has 0 aliphatic carbocycles. The van der Waals surface area contributed by atoms with Crippen molar-refractivity contribution in [3.05, 3.63) is 29.3 Å². The molecule has 19 heavy (non-hydrogen) atoms. The molecule has 0 amide bonds. The molecular formula is C12H17ClN6. The highest BCUT2D eigenvalue weighted by molar-refractivity contribution is 6.29. The van der Waals surface area contributed by atoms with Crippen molar-refractivity contribution >= 4 is 11.6 Å². The normalized spacial score (nSPS) is 20.8. The molecule has 0 spiro atoms. The van der Waals surface area contributed by atoms with Crippen LogP contribution in [0.15, 0.2) is 12.5 Å². The van der Waals surface area contributed by atoms with Gasteiger partial charge in [-0.15, -0.1) is 0 Å². The van der Waals surface area contributed by atoms with Crippen molar-refractivity contribution in [2.75, 3.05) is 6.54 Å². The molecule has 3 rings (SSSR count). The third-order valence-electron chi connectivity index (χ3n) is 3.74. The van der Waals surface area contributed by atoms with Gasteiger partial charge in [0.05, 0.1) is 18.8 Å². The van der Waals surface area contributed by atoms with Crippen molar-refractivity contribution in [2.24, 2.45) is 7.05 Å². The SMILES string of the molecule is Cn1c(Cl)cnc1CN1CCCC[C@H]1c1ncn[nH]1. The lowest BCUT2D eigenvalue weighted by Crippen LogP contribution is -2.34. The number of aromatic nitrogens is 5. The van der Waals surface area contributed by atoms with Crippen LogP contribution in [0.1, 0.15) is 37.0 Å². The van der Waals surface area contributed by atoms with Crippen molar-refractivity contribution < 1.29 is 0 Å². The molecule has 0 bridgehead atoms. The molecule has 0 aromatic carbocycles. The summed E-state index contributed by atoms with van der Waals surface area (Å²) in [6, 6.07) is 0.298. The van der Waals surface area contributed by atoms with Crippen molar-refractivity contribution in [1.29, 1.82) is 0 Å². The lowest BCUT2D eigenvalue weighted by atomic mass is 10.0. The summed E-state index contributed by atoms with van der Waals surface area (Å²) in [5.41, 5.74) is 0. The van der Waals surface area contributed by atoms with Gasteiger partial charge in [-0.2, -0.15) is 5.10 Å². The number of piperidine rings is 1. The zero-order valence-corrected chi connectivity index (χ0v) is 11.6. The van der Waals surface area contributed by atoms with Gasteiger partial charge in [-0.25, -0.2) is 9.97 Å². The molecular weight excluding hydrogens is 264 g/mol. The van der Waals surface area contributed by atoms with Gasteiger partial charge in [-0.3, -0.25) is 10.00 Å². The summed E-state index contributed by atoms with van der Waals surface area (Å²) in [5.74, 6) is 1.93. The maximum Gasteiger partial charge on any atom is 0.141 e. The first-order valence-corrected chi connectivity index (χ1v) is 6.89. The number of H-pyrrole nitrogens is 1. The molecule has 6 nitrogen and oxygen atoms in total. The van der Waals surface area contributed by atoms with Gasteiger partial charge < -0.3 is 4.57 Å². The summed E-state index contributed by atoms with van der Waals surface area (Å²) in [6.45, 7) is 1.84. The molecule has 7 heteroatoms. The minimum Gasteiger partial charge on any atom is -0.321 e. The Morgan fingerprint density at radius 1 is 1.42 bits per heavy atom. The van der Waals surface area contributed by atoms with E-state index in [2.05, 4.69) is 25.1 Å². The van der Waals surface area contributed by atoms with E-state index in [4.69, 9.17) is 11.6 Å². The monoisotopic (exact) mass is 280 g/mol. The van der Waals surface area contributed by atoms with Crippen LogP contribution < -0.4 is 0 Å². The molecule has 1 fully saturated rings. The van der Waals surface area contributed by atoms with Crippen LogP contribution in [-0.2, 0) is 13.6 Å². The fraction of sp³-hybridized carbons (Fsp3) is 0.583. The van der Waals surface area contributed by atoms with E-state index in [1.54, 1.807) is 12.5 Å². The molecule has 102 valence electrons. The zero-order chi connectivity index (χ0) is 13.2. The third kappa shape index (κ3) is 2.50. The fourth-order valence-corrected chi connectivity index (χ4v) is 2.76. The number of likely N-dealkylation sites (tertiary alicyclic amines) is 1. The van der Waals surface area contributed by atoms with Gasteiger partial charge in [0, 0.05) is 7.05 Å². The minimum absolute atomic E-state index is 0.298. The Kier molecular flexibility index (Phi) is 3.52. The molecule has 0 unspecified atom stereocenters. The number of rotatable bonds is 3. The Morgan fingerprint density at radius 3 is 3.00 bits per heavy atom. The van der Waals surface area contributed by atoms with Crippen LogP contribution in [0.4, 0.5) is 0 Å². The fourth-order valence-electron chi connectivity index (χ4n) is 2.62. The summed E-state index contributed by atoms with van der Waals surface area (Å²) in [7, 11) is 1.94. The van der Waals surface area contributed by atoms with Crippen molar-refractivity contribution in [3.63, 3.8) is 0 Å². The Morgan fingerprint density at radius 2 is 2.32 bits per heavy atom. The molecule has 1 aliphatic heterocycles. The van der Waals surface area contributed by atoms with Crippen molar-refractivity contribution in [1.82, 2.24) is 29.6 Å². The highest BCUT2D eigenvalue weighted by atomic mass is 35.5. The molecule has 1 saturated heterocycles. The number of aromatic amines is 1. The number of hydrogen-bond donors (Lipinski definition) is 1. The number of nitrogens with one attached hydrogen (secondary N) is 1. The maximum absolute atomic E-state index is 6.04. The number of nitrogens with zero attached hydrogens (tertiary/aromatic N) is 5. The third-order valence-corrected chi connectivity index (χ3v) is 4.09. The van der Waals surface area contributed by atoms with Gasteiger partial charge in [0.1, 0.15) is 23.1 Å². The minimum atomic E-state index is 0.298. The van der Waals surface area contributed by atoms with Crippen LogP contribution in [0.2, 0.25) is 5.15 Å². The topological polar surface area (TPSA) is 62.6 Å². The molecule has 3 heterocycles. The lowest BCUT2D eigenvalue weighted by molar-refractivity contribution is 0.129. The van der Waals surface area contributed by atoms with E-state index in [1.165, 1.54) is 12.8 Å². The van der Waals surface area contributed by atoms with Gasteiger partial charge in [0.2, 0.25) is 0 Å². The number of imidazole rings is 1. The largest absolute Gasteiger partial charge is 0.321 e. The summed E-state index contributed by atoms with van der Waals surface area (Å²) < 4.78 is 1.92. The number of hydrogen-bond acceptors (Lipinski definition) is 4.